The molecule has 1 aliphatic heterocycles. The molecule has 0 aliphatic carbocycles. The number of amidine groups is 1. The van der Waals surface area contributed by atoms with Crippen molar-refractivity contribution in [2.24, 2.45) is 16.7 Å². The number of benzene rings is 1. The highest BCUT2D eigenvalue weighted by atomic mass is 19.4. The largest absolute Gasteiger partial charge is 0.405 e. The minimum absolute atomic E-state index is 0.0498. The van der Waals surface area contributed by atoms with Crippen LogP contribution in [0.15, 0.2) is 17.2 Å². The lowest BCUT2D eigenvalue weighted by atomic mass is 10.0. The van der Waals surface area contributed by atoms with Crippen LogP contribution in [0.2, 0.25) is 0 Å². The van der Waals surface area contributed by atoms with Gasteiger partial charge in [0.2, 0.25) is 5.91 Å². The summed E-state index contributed by atoms with van der Waals surface area (Å²) >= 11 is 0. The molecule has 0 spiro atoms. The Morgan fingerprint density at radius 2 is 1.93 bits per heavy atom. The molecule has 0 saturated carbocycles. The molecular weight excluding hydrogens is 385 g/mol. The van der Waals surface area contributed by atoms with Gasteiger partial charge in [-0.3, -0.25) is 4.79 Å². The van der Waals surface area contributed by atoms with E-state index in [0.29, 0.717) is 0 Å². The number of carbonyl (C=O) groups is 1. The molecule has 1 aliphatic rings. The first-order valence-electron chi connectivity index (χ1n) is 8.56. The lowest BCUT2D eigenvalue weighted by Crippen LogP contribution is -2.55. The Morgan fingerprint density at radius 3 is 2.54 bits per heavy atom. The molecular formula is C17H22F5N5O. The van der Waals surface area contributed by atoms with Gasteiger partial charge in [-0.25, -0.2) is 8.78 Å². The molecule has 0 aromatic heterocycles. The first-order valence-corrected chi connectivity index (χ1v) is 8.56. The van der Waals surface area contributed by atoms with Gasteiger partial charge >= 0.3 is 6.18 Å². The Morgan fingerprint density at radius 1 is 1.25 bits per heavy atom. The van der Waals surface area contributed by atoms with E-state index in [1.165, 1.54) is 11.8 Å². The Bertz CT molecular complexity index is 752. The molecule has 2 rings (SSSR count). The van der Waals surface area contributed by atoms with E-state index in [1.807, 2.05) is 0 Å². The molecule has 1 aromatic carbocycles. The van der Waals surface area contributed by atoms with E-state index < -0.39 is 36.3 Å². The monoisotopic (exact) mass is 407 g/mol. The smallest absolute Gasteiger partial charge is 0.346 e. The summed E-state index contributed by atoms with van der Waals surface area (Å²) in [6.07, 6.45) is -4.65. The van der Waals surface area contributed by atoms with Crippen LogP contribution in [0.3, 0.4) is 0 Å². The van der Waals surface area contributed by atoms with Gasteiger partial charge in [-0.05, 0) is 36.6 Å². The van der Waals surface area contributed by atoms with Gasteiger partial charge in [0.05, 0.1) is 6.54 Å². The van der Waals surface area contributed by atoms with E-state index in [2.05, 4.69) is 5.10 Å². The maximum atomic E-state index is 13.9. The normalized spacial score (nSPS) is 17.9. The van der Waals surface area contributed by atoms with Gasteiger partial charge in [0.1, 0.15) is 24.0 Å². The van der Waals surface area contributed by atoms with Crippen LogP contribution in [0.25, 0.3) is 0 Å². The second-order valence-electron chi connectivity index (χ2n) is 6.76. The summed E-state index contributed by atoms with van der Waals surface area (Å²) in [5.41, 5.74) is 6.12. The molecule has 1 atom stereocenters. The summed E-state index contributed by atoms with van der Waals surface area (Å²) in [7, 11) is 0. The van der Waals surface area contributed by atoms with E-state index >= 15 is 0 Å². The Hall–Kier alpha value is -2.43. The van der Waals surface area contributed by atoms with Crippen LogP contribution in [0.4, 0.5) is 22.0 Å². The zero-order valence-electron chi connectivity index (χ0n) is 15.3. The topological polar surface area (TPSA) is 88.0 Å². The number of hydrogen-bond donors (Lipinski definition) is 2. The SMILES string of the molecule is Cc1cc(F)c(CC(N)CC(=O)N2CCN(CC(F)(F)F)/C(=N\N)C2)cc1F. The van der Waals surface area contributed by atoms with Gasteiger partial charge in [-0.15, -0.1) is 0 Å². The third-order valence-electron chi connectivity index (χ3n) is 4.46. The number of amides is 1. The minimum atomic E-state index is -4.42. The van der Waals surface area contributed by atoms with E-state index in [9.17, 15) is 26.7 Å². The van der Waals surface area contributed by atoms with Crippen molar-refractivity contribution < 1.29 is 26.7 Å². The van der Waals surface area contributed by atoms with E-state index in [4.69, 9.17) is 11.6 Å². The van der Waals surface area contributed by atoms with Gasteiger partial charge in [0.25, 0.3) is 0 Å². The quantitative estimate of drug-likeness (QED) is 0.440. The van der Waals surface area contributed by atoms with E-state index in [-0.39, 0.29) is 49.4 Å². The maximum absolute atomic E-state index is 13.9. The molecule has 1 unspecified atom stereocenters. The Balaban J connectivity index is 1.95. The minimum Gasteiger partial charge on any atom is -0.346 e. The van der Waals surface area contributed by atoms with E-state index in [1.54, 1.807) is 0 Å². The zero-order valence-corrected chi connectivity index (χ0v) is 15.3. The second kappa shape index (κ2) is 8.72. The number of nitrogens with zero attached hydrogens (tertiary/aromatic N) is 3. The average Bonchev–Trinajstić information content (AvgIpc) is 2.58. The van der Waals surface area contributed by atoms with Crippen LogP contribution in [0.5, 0.6) is 0 Å². The summed E-state index contributed by atoms with van der Waals surface area (Å²) < 4.78 is 65.3. The van der Waals surface area contributed by atoms with Crippen LogP contribution in [0.1, 0.15) is 17.5 Å². The number of nitrogens with two attached hydrogens (primary N) is 2. The second-order valence-corrected chi connectivity index (χ2v) is 6.76. The van der Waals surface area contributed by atoms with Crippen molar-refractivity contribution in [1.29, 1.82) is 0 Å². The third kappa shape index (κ3) is 5.78. The number of hydrogen-bond acceptors (Lipinski definition) is 4. The van der Waals surface area contributed by atoms with Crippen LogP contribution in [0, 0.1) is 18.6 Å². The van der Waals surface area contributed by atoms with Crippen molar-refractivity contribution in [3.05, 3.63) is 34.9 Å². The molecule has 1 fully saturated rings. The van der Waals surface area contributed by atoms with Crippen LogP contribution in [-0.2, 0) is 11.2 Å². The van der Waals surface area contributed by atoms with Gasteiger partial charge in [0, 0.05) is 25.6 Å². The van der Waals surface area contributed by atoms with E-state index in [0.717, 1.165) is 17.0 Å². The summed E-state index contributed by atoms with van der Waals surface area (Å²) in [5.74, 6) is 3.50. The van der Waals surface area contributed by atoms with Gasteiger partial charge in [0.15, 0.2) is 0 Å². The lowest BCUT2D eigenvalue weighted by molar-refractivity contribution is -0.141. The predicted octanol–water partition coefficient (Wildman–Crippen LogP) is 1.51. The first-order chi connectivity index (χ1) is 13.0. The molecule has 1 amide bonds. The van der Waals surface area contributed by atoms with Crippen molar-refractivity contribution in [3.63, 3.8) is 0 Å². The molecule has 1 saturated heterocycles. The fraction of sp³-hybridized carbons (Fsp3) is 0.529. The van der Waals surface area contributed by atoms with Gasteiger partial charge in [-0.2, -0.15) is 18.3 Å². The maximum Gasteiger partial charge on any atom is 0.405 e. The molecule has 1 heterocycles. The van der Waals surface area contributed by atoms with Crippen LogP contribution in [-0.4, -0.2) is 59.9 Å². The lowest BCUT2D eigenvalue weighted by Gasteiger charge is -2.37. The fourth-order valence-corrected chi connectivity index (χ4v) is 2.99. The highest BCUT2D eigenvalue weighted by molar-refractivity contribution is 5.89. The standard InChI is InChI=1S/C17H22F5N5O/c1-10-4-14(19)11(6-13(10)18)5-12(23)7-16(28)26-2-3-27(9-17(20,21)22)15(8-26)25-24/h4,6,12H,2-3,5,7-9,23-24H2,1H3/b25-15-. The summed E-state index contributed by atoms with van der Waals surface area (Å²) in [4.78, 5) is 14.7. The number of rotatable bonds is 5. The molecule has 1 aromatic rings. The Labute approximate surface area is 158 Å². The molecule has 0 radical (unpaired) electrons. The number of halogens is 5. The van der Waals surface area contributed by atoms with Gasteiger partial charge < -0.3 is 21.4 Å². The molecule has 4 N–H and O–H groups in total. The molecule has 28 heavy (non-hydrogen) atoms. The fourth-order valence-electron chi connectivity index (χ4n) is 2.99. The molecule has 11 heteroatoms. The highest BCUT2D eigenvalue weighted by Gasteiger charge is 2.35. The number of carbonyl (C=O) groups excluding carboxylic acids is 1. The summed E-state index contributed by atoms with van der Waals surface area (Å²) in [6, 6.07) is 1.32. The highest BCUT2D eigenvalue weighted by Crippen LogP contribution is 2.19. The number of hydrazone groups is 1. The van der Waals surface area contributed by atoms with Crippen molar-refractivity contribution >= 4 is 11.7 Å². The third-order valence-corrected chi connectivity index (χ3v) is 4.46. The molecule has 0 bridgehead atoms. The van der Waals surface area contributed by atoms with Crippen molar-refractivity contribution in [1.82, 2.24) is 9.80 Å². The summed E-state index contributed by atoms with van der Waals surface area (Å²) in [5, 5.41) is 3.35. The number of piperazine rings is 1. The first kappa shape index (κ1) is 21.9. The average molecular weight is 407 g/mol. The molecule has 6 nitrogen and oxygen atoms in total. The molecule has 156 valence electrons. The van der Waals surface area contributed by atoms with Crippen molar-refractivity contribution in [2.45, 2.75) is 32.0 Å². The van der Waals surface area contributed by atoms with Crippen LogP contribution >= 0.6 is 0 Å². The van der Waals surface area contributed by atoms with Crippen molar-refractivity contribution in [2.75, 3.05) is 26.2 Å². The number of aryl methyl sites for hydroxylation is 1. The van der Waals surface area contributed by atoms with Crippen molar-refractivity contribution in [3.8, 4) is 0 Å². The zero-order chi connectivity index (χ0) is 21.1. The number of alkyl halides is 3. The Kier molecular flexibility index (Phi) is 6.81. The summed E-state index contributed by atoms with van der Waals surface area (Å²) in [6.45, 7) is 0.0255. The van der Waals surface area contributed by atoms with Gasteiger partial charge in [-0.1, -0.05) is 0 Å². The van der Waals surface area contributed by atoms with Crippen LogP contribution < -0.4 is 11.6 Å². The predicted molar refractivity (Wildman–Crippen MR) is 93.2 cm³/mol.